The Bertz CT molecular complexity index is 1250. The van der Waals surface area contributed by atoms with Crippen molar-refractivity contribution in [2.24, 2.45) is 0 Å². The van der Waals surface area contributed by atoms with E-state index in [0.717, 1.165) is 28.9 Å². The summed E-state index contributed by atoms with van der Waals surface area (Å²) in [7, 11) is -3.85. The Morgan fingerprint density at radius 3 is 2.53 bits per heavy atom. The second-order valence-electron chi connectivity index (χ2n) is 7.68. The number of para-hydroxylation sites is 1. The van der Waals surface area contributed by atoms with Gasteiger partial charge >= 0.3 is 0 Å². The van der Waals surface area contributed by atoms with Crippen LogP contribution >= 0.6 is 0 Å². The molecule has 6 nitrogen and oxygen atoms in total. The molecule has 0 saturated carbocycles. The average Bonchev–Trinajstić information content (AvgIpc) is 2.80. The molecule has 0 atom stereocenters. The summed E-state index contributed by atoms with van der Waals surface area (Å²) in [6.07, 6.45) is 0.837. The third-order valence-electron chi connectivity index (χ3n) is 5.55. The standard InChI is InChI=1S/C25H26N2O4S/c1-3-19-12-13-22-21(16-19)20-9-5-7-11-24(20)32(29,30)27(22)17-25(28)26-14-15-31-23-10-6-4-8-18(23)2/h4-13,16H,3,14-15,17H2,1-2H3,(H,26,28). The highest BCUT2D eigenvalue weighted by Gasteiger charge is 2.35. The fourth-order valence-corrected chi connectivity index (χ4v) is 5.47. The molecule has 166 valence electrons. The summed E-state index contributed by atoms with van der Waals surface area (Å²) < 4.78 is 33.6. The molecule has 1 aliphatic rings. The highest BCUT2D eigenvalue weighted by Crippen LogP contribution is 2.43. The van der Waals surface area contributed by atoms with E-state index in [0.29, 0.717) is 17.9 Å². The van der Waals surface area contributed by atoms with Gasteiger partial charge < -0.3 is 10.1 Å². The molecule has 3 aromatic carbocycles. The van der Waals surface area contributed by atoms with Gasteiger partial charge in [0.05, 0.1) is 17.1 Å². The van der Waals surface area contributed by atoms with Crippen LogP contribution in [0.3, 0.4) is 0 Å². The quantitative estimate of drug-likeness (QED) is 0.554. The number of carbonyl (C=O) groups excluding carboxylic acids is 1. The molecule has 0 aliphatic carbocycles. The molecule has 0 unspecified atom stereocenters. The average molecular weight is 451 g/mol. The number of sulfonamides is 1. The Morgan fingerprint density at radius 1 is 1.00 bits per heavy atom. The number of hydrogen-bond donors (Lipinski definition) is 1. The number of hydrogen-bond acceptors (Lipinski definition) is 4. The zero-order valence-electron chi connectivity index (χ0n) is 18.2. The lowest BCUT2D eigenvalue weighted by atomic mass is 9.99. The van der Waals surface area contributed by atoms with Crippen LogP contribution in [0, 0.1) is 6.92 Å². The van der Waals surface area contributed by atoms with Crippen molar-refractivity contribution < 1.29 is 17.9 Å². The van der Waals surface area contributed by atoms with Gasteiger partial charge in [-0.2, -0.15) is 0 Å². The molecule has 1 amide bonds. The normalized spacial score (nSPS) is 13.8. The van der Waals surface area contributed by atoms with Gasteiger partial charge in [-0.15, -0.1) is 0 Å². The number of carbonyl (C=O) groups is 1. The molecule has 0 aromatic heterocycles. The number of benzene rings is 3. The van der Waals surface area contributed by atoms with E-state index in [9.17, 15) is 13.2 Å². The van der Waals surface area contributed by atoms with E-state index in [2.05, 4.69) is 12.2 Å². The summed E-state index contributed by atoms with van der Waals surface area (Å²) in [4.78, 5) is 12.9. The summed E-state index contributed by atoms with van der Waals surface area (Å²) in [6, 6.07) is 20.3. The molecular weight excluding hydrogens is 424 g/mol. The lowest BCUT2D eigenvalue weighted by Crippen LogP contribution is -2.43. The molecular formula is C25H26N2O4S. The summed E-state index contributed by atoms with van der Waals surface area (Å²) in [5.41, 5.74) is 4.13. The minimum atomic E-state index is -3.85. The summed E-state index contributed by atoms with van der Waals surface area (Å²) in [6.45, 7) is 4.28. The van der Waals surface area contributed by atoms with Crippen LogP contribution in [0.4, 0.5) is 5.69 Å². The summed E-state index contributed by atoms with van der Waals surface area (Å²) >= 11 is 0. The fourth-order valence-electron chi connectivity index (χ4n) is 3.82. The van der Waals surface area contributed by atoms with E-state index >= 15 is 0 Å². The Hall–Kier alpha value is -3.32. The van der Waals surface area contributed by atoms with E-state index in [4.69, 9.17) is 4.74 Å². The van der Waals surface area contributed by atoms with Crippen molar-refractivity contribution in [2.75, 3.05) is 24.0 Å². The number of aryl methyl sites for hydroxylation is 2. The third-order valence-corrected chi connectivity index (χ3v) is 7.36. The minimum Gasteiger partial charge on any atom is -0.491 e. The number of rotatable bonds is 7. The van der Waals surface area contributed by atoms with Gasteiger partial charge in [-0.05, 0) is 48.7 Å². The van der Waals surface area contributed by atoms with Gasteiger partial charge in [-0.25, -0.2) is 8.42 Å². The first kappa shape index (κ1) is 21.9. The van der Waals surface area contributed by atoms with E-state index in [1.54, 1.807) is 18.2 Å². The highest BCUT2D eigenvalue weighted by atomic mass is 32.2. The lowest BCUT2D eigenvalue weighted by molar-refractivity contribution is -0.119. The van der Waals surface area contributed by atoms with E-state index in [1.807, 2.05) is 55.5 Å². The van der Waals surface area contributed by atoms with Gasteiger partial charge in [0.2, 0.25) is 5.91 Å². The van der Waals surface area contributed by atoms with Gasteiger partial charge in [-0.1, -0.05) is 49.4 Å². The molecule has 1 heterocycles. The van der Waals surface area contributed by atoms with Crippen molar-refractivity contribution in [3.8, 4) is 16.9 Å². The Labute approximate surface area is 188 Å². The Kier molecular flexibility index (Phi) is 6.19. The Balaban J connectivity index is 1.50. The largest absolute Gasteiger partial charge is 0.491 e. The molecule has 32 heavy (non-hydrogen) atoms. The first-order valence-electron chi connectivity index (χ1n) is 10.6. The van der Waals surface area contributed by atoms with Gasteiger partial charge in [0.25, 0.3) is 10.0 Å². The van der Waals surface area contributed by atoms with Crippen LogP contribution in [0.2, 0.25) is 0 Å². The maximum absolute atomic E-state index is 13.3. The van der Waals surface area contributed by atoms with E-state index in [-0.39, 0.29) is 23.9 Å². The van der Waals surface area contributed by atoms with Crippen molar-refractivity contribution in [3.63, 3.8) is 0 Å². The van der Waals surface area contributed by atoms with Gasteiger partial charge in [0.1, 0.15) is 18.9 Å². The zero-order chi connectivity index (χ0) is 22.7. The number of nitrogens with zero attached hydrogens (tertiary/aromatic N) is 1. The number of ether oxygens (including phenoxy) is 1. The van der Waals surface area contributed by atoms with Crippen molar-refractivity contribution in [1.29, 1.82) is 0 Å². The van der Waals surface area contributed by atoms with E-state index < -0.39 is 10.0 Å². The van der Waals surface area contributed by atoms with Crippen LogP contribution in [0.15, 0.2) is 71.6 Å². The second kappa shape index (κ2) is 9.04. The van der Waals surface area contributed by atoms with E-state index in [1.165, 1.54) is 4.31 Å². The van der Waals surface area contributed by atoms with Gasteiger partial charge in [-0.3, -0.25) is 9.10 Å². The third kappa shape index (κ3) is 4.21. The Morgan fingerprint density at radius 2 is 1.75 bits per heavy atom. The van der Waals surface area contributed by atoms with Crippen LogP contribution in [0.5, 0.6) is 5.75 Å². The molecule has 0 spiro atoms. The number of nitrogens with one attached hydrogen (secondary N) is 1. The number of amides is 1. The smallest absolute Gasteiger partial charge is 0.265 e. The molecule has 0 bridgehead atoms. The maximum Gasteiger partial charge on any atom is 0.265 e. The topological polar surface area (TPSA) is 75.7 Å². The molecule has 0 fully saturated rings. The zero-order valence-corrected chi connectivity index (χ0v) is 19.0. The molecule has 3 aromatic rings. The first-order chi connectivity index (χ1) is 15.4. The predicted molar refractivity (Wildman–Crippen MR) is 125 cm³/mol. The summed E-state index contributed by atoms with van der Waals surface area (Å²) in [5.74, 6) is 0.379. The van der Waals surface area contributed by atoms with Crippen LogP contribution in [-0.4, -0.2) is 34.0 Å². The van der Waals surface area contributed by atoms with Crippen LogP contribution in [-0.2, 0) is 21.2 Å². The SMILES string of the molecule is CCc1ccc2c(c1)-c1ccccc1S(=O)(=O)N2CC(=O)NCCOc1ccccc1C. The molecule has 1 N–H and O–H groups in total. The molecule has 0 saturated heterocycles. The summed E-state index contributed by atoms with van der Waals surface area (Å²) in [5, 5.41) is 2.76. The maximum atomic E-state index is 13.3. The van der Waals surface area contributed by atoms with Crippen LogP contribution < -0.4 is 14.4 Å². The molecule has 4 rings (SSSR count). The highest BCUT2D eigenvalue weighted by molar-refractivity contribution is 7.93. The van der Waals surface area contributed by atoms with Crippen LogP contribution in [0.1, 0.15) is 18.1 Å². The van der Waals surface area contributed by atoms with Crippen LogP contribution in [0.25, 0.3) is 11.1 Å². The second-order valence-corrected chi connectivity index (χ2v) is 9.51. The number of anilines is 1. The minimum absolute atomic E-state index is 0.219. The van der Waals surface area contributed by atoms with Crippen molar-refractivity contribution in [1.82, 2.24) is 5.32 Å². The molecule has 0 radical (unpaired) electrons. The molecule has 1 aliphatic heterocycles. The van der Waals surface area contributed by atoms with Crippen molar-refractivity contribution in [2.45, 2.75) is 25.2 Å². The number of fused-ring (bicyclic) bond motifs is 3. The fraction of sp³-hybridized carbons (Fsp3) is 0.240. The molecule has 7 heteroatoms. The van der Waals surface area contributed by atoms with Crippen molar-refractivity contribution in [3.05, 3.63) is 77.9 Å². The predicted octanol–water partition coefficient (Wildman–Crippen LogP) is 3.93. The van der Waals surface area contributed by atoms with Crippen molar-refractivity contribution >= 4 is 21.6 Å². The first-order valence-corrected chi connectivity index (χ1v) is 12.1. The lowest BCUT2D eigenvalue weighted by Gasteiger charge is -2.32. The monoisotopic (exact) mass is 450 g/mol. The van der Waals surface area contributed by atoms with Gasteiger partial charge in [0, 0.05) is 11.1 Å². The van der Waals surface area contributed by atoms with Gasteiger partial charge in [0.15, 0.2) is 0 Å².